The molecule has 2 heterocycles. The van der Waals surface area contributed by atoms with Crippen LogP contribution in [0.1, 0.15) is 28.2 Å². The highest BCUT2D eigenvalue weighted by molar-refractivity contribution is 5.91. The Balaban J connectivity index is 1.77. The predicted molar refractivity (Wildman–Crippen MR) is 74.4 cm³/mol. The van der Waals surface area contributed by atoms with Crippen LogP contribution in [0.25, 0.3) is 0 Å². The van der Waals surface area contributed by atoms with E-state index < -0.39 is 5.91 Å². The number of aromatic nitrogens is 4. The molecule has 2 aromatic heterocycles. The van der Waals surface area contributed by atoms with Crippen molar-refractivity contribution in [2.45, 2.75) is 32.4 Å². The van der Waals surface area contributed by atoms with Crippen molar-refractivity contribution in [2.75, 3.05) is 0 Å². The zero-order valence-electron chi connectivity index (χ0n) is 11.5. The van der Waals surface area contributed by atoms with Crippen LogP contribution in [0.2, 0.25) is 0 Å². The van der Waals surface area contributed by atoms with Gasteiger partial charge in [0, 0.05) is 18.3 Å². The van der Waals surface area contributed by atoms with Crippen LogP contribution in [0.4, 0.5) is 0 Å². The zero-order chi connectivity index (χ0) is 14.8. The lowest BCUT2D eigenvalue weighted by molar-refractivity contribution is 0.0948. The molecule has 0 saturated carbocycles. The molecule has 0 fully saturated rings. The monoisotopic (exact) mass is 288 g/mol. The molecule has 1 aliphatic rings. The first-order valence-electron chi connectivity index (χ1n) is 6.81. The maximum atomic E-state index is 12.0. The second-order valence-electron chi connectivity index (χ2n) is 4.99. The Labute approximate surface area is 120 Å². The van der Waals surface area contributed by atoms with E-state index in [0.717, 1.165) is 25.0 Å². The summed E-state index contributed by atoms with van der Waals surface area (Å²) >= 11 is 0. The molecule has 0 unspecified atom stereocenters. The highest BCUT2D eigenvalue weighted by Crippen LogP contribution is 2.19. The third-order valence-corrected chi connectivity index (χ3v) is 3.70. The van der Waals surface area contributed by atoms with E-state index in [0.29, 0.717) is 13.1 Å². The van der Waals surface area contributed by atoms with E-state index in [-0.39, 0.29) is 11.3 Å². The minimum Gasteiger partial charge on any atom is -0.311 e. The smallest absolute Gasteiger partial charge is 0.287 e. The minimum absolute atomic E-state index is 0.00399. The largest absolute Gasteiger partial charge is 0.311 e. The number of hydrazine groups is 1. The Bertz CT molecular complexity index is 733. The predicted octanol–water partition coefficient (Wildman–Crippen LogP) is -0.768. The van der Waals surface area contributed by atoms with Gasteiger partial charge in [-0.2, -0.15) is 0 Å². The lowest BCUT2D eigenvalue weighted by atomic mass is 10.2. The number of hydrogen-bond donors (Lipinski definition) is 2. The number of carbonyl (C=O) groups is 1. The molecular formula is C13H16N6O2. The van der Waals surface area contributed by atoms with Crippen molar-refractivity contribution < 1.29 is 4.79 Å². The van der Waals surface area contributed by atoms with Crippen molar-refractivity contribution in [1.82, 2.24) is 25.0 Å². The van der Waals surface area contributed by atoms with Crippen LogP contribution in [0.15, 0.2) is 23.1 Å². The average molecular weight is 288 g/mol. The second-order valence-corrected chi connectivity index (χ2v) is 4.99. The normalized spacial score (nSPS) is 13.2. The maximum Gasteiger partial charge on any atom is 0.287 e. The van der Waals surface area contributed by atoms with Crippen molar-refractivity contribution in [1.29, 1.82) is 0 Å². The molecule has 8 nitrogen and oxygen atoms in total. The number of aryl methyl sites for hydroxylation is 2. The molecule has 2 aromatic rings. The van der Waals surface area contributed by atoms with Gasteiger partial charge in [0.2, 0.25) is 0 Å². The summed E-state index contributed by atoms with van der Waals surface area (Å²) < 4.78 is 3.32. The first-order valence-corrected chi connectivity index (χ1v) is 6.81. The van der Waals surface area contributed by atoms with Gasteiger partial charge in [0.15, 0.2) is 5.69 Å². The highest BCUT2D eigenvalue weighted by atomic mass is 16.2. The van der Waals surface area contributed by atoms with Crippen LogP contribution in [0, 0.1) is 0 Å². The average Bonchev–Trinajstić information content (AvgIpc) is 3.14. The second kappa shape index (κ2) is 5.49. The lowest BCUT2D eigenvalue weighted by Crippen LogP contribution is -2.30. The number of hydrogen-bond acceptors (Lipinski definition) is 5. The standard InChI is InChI=1S/C13H16N6O2/c14-15-13(21)10-8-18(17-16-10)6-7-19-11-3-1-2-9(11)4-5-12(19)20/h4-5,8H,1-3,6-7,14H2,(H,15,21). The zero-order valence-corrected chi connectivity index (χ0v) is 11.5. The molecule has 0 atom stereocenters. The van der Waals surface area contributed by atoms with E-state index in [1.165, 1.54) is 16.4 Å². The first kappa shape index (κ1) is 13.5. The summed E-state index contributed by atoms with van der Waals surface area (Å²) in [7, 11) is 0. The number of amides is 1. The minimum atomic E-state index is -0.487. The number of nitrogens with zero attached hydrogens (tertiary/aromatic N) is 4. The summed E-state index contributed by atoms with van der Waals surface area (Å²) in [6.45, 7) is 0.982. The number of nitrogens with two attached hydrogens (primary N) is 1. The fourth-order valence-electron chi connectivity index (χ4n) is 2.67. The Hall–Kier alpha value is -2.48. The van der Waals surface area contributed by atoms with Crippen LogP contribution in [-0.4, -0.2) is 25.5 Å². The van der Waals surface area contributed by atoms with E-state index in [1.54, 1.807) is 10.6 Å². The molecule has 0 aliphatic heterocycles. The van der Waals surface area contributed by atoms with Gasteiger partial charge in [0.25, 0.3) is 11.5 Å². The Morgan fingerprint density at radius 2 is 2.19 bits per heavy atom. The van der Waals surface area contributed by atoms with E-state index in [9.17, 15) is 9.59 Å². The van der Waals surface area contributed by atoms with Gasteiger partial charge in [0.05, 0.1) is 12.7 Å². The van der Waals surface area contributed by atoms with E-state index in [1.807, 2.05) is 11.5 Å². The molecule has 3 N–H and O–H groups in total. The van der Waals surface area contributed by atoms with Gasteiger partial charge in [-0.15, -0.1) is 5.10 Å². The van der Waals surface area contributed by atoms with Crippen molar-refractivity contribution >= 4 is 5.91 Å². The van der Waals surface area contributed by atoms with Crippen LogP contribution in [-0.2, 0) is 25.9 Å². The summed E-state index contributed by atoms with van der Waals surface area (Å²) in [6, 6.07) is 3.53. The third kappa shape index (κ3) is 2.57. The topological polar surface area (TPSA) is 108 Å². The van der Waals surface area contributed by atoms with Crippen molar-refractivity contribution in [3.8, 4) is 0 Å². The fraction of sp³-hybridized carbons (Fsp3) is 0.385. The van der Waals surface area contributed by atoms with Crippen molar-refractivity contribution in [3.63, 3.8) is 0 Å². The highest BCUT2D eigenvalue weighted by Gasteiger charge is 2.16. The quantitative estimate of drug-likeness (QED) is 0.436. The van der Waals surface area contributed by atoms with E-state index in [2.05, 4.69) is 10.3 Å². The molecule has 0 aromatic carbocycles. The lowest BCUT2D eigenvalue weighted by Gasteiger charge is -2.11. The van der Waals surface area contributed by atoms with E-state index in [4.69, 9.17) is 5.84 Å². The summed E-state index contributed by atoms with van der Waals surface area (Å²) in [5.74, 6) is 4.55. The van der Waals surface area contributed by atoms with Gasteiger partial charge in [-0.05, 0) is 24.8 Å². The summed E-state index contributed by atoms with van der Waals surface area (Å²) in [5.41, 5.74) is 4.51. The molecule has 0 bridgehead atoms. The SMILES string of the molecule is NNC(=O)c1cn(CCn2c3c(ccc2=O)CCC3)nn1. The first-order chi connectivity index (χ1) is 10.2. The molecule has 0 saturated heterocycles. The molecule has 8 heteroatoms. The maximum absolute atomic E-state index is 12.0. The van der Waals surface area contributed by atoms with E-state index >= 15 is 0 Å². The molecule has 3 rings (SSSR count). The number of nitrogen functional groups attached to an aromatic ring is 1. The number of carbonyl (C=O) groups excluding carboxylic acids is 1. The van der Waals surface area contributed by atoms with Gasteiger partial charge in [0.1, 0.15) is 0 Å². The molecule has 1 aliphatic carbocycles. The number of nitrogens with one attached hydrogen (secondary N) is 1. The van der Waals surface area contributed by atoms with Gasteiger partial charge in [-0.3, -0.25) is 15.0 Å². The van der Waals surface area contributed by atoms with Crippen LogP contribution < -0.4 is 16.8 Å². The molecular weight excluding hydrogens is 272 g/mol. The number of pyridine rings is 1. The van der Waals surface area contributed by atoms with Crippen molar-refractivity contribution in [2.24, 2.45) is 5.84 Å². The Morgan fingerprint density at radius 3 is 3.00 bits per heavy atom. The van der Waals surface area contributed by atoms with Crippen LogP contribution in [0.5, 0.6) is 0 Å². The van der Waals surface area contributed by atoms with Gasteiger partial charge < -0.3 is 4.57 Å². The summed E-state index contributed by atoms with van der Waals surface area (Å²) in [6.07, 6.45) is 4.56. The van der Waals surface area contributed by atoms with Crippen molar-refractivity contribution in [3.05, 3.63) is 45.6 Å². The Morgan fingerprint density at radius 1 is 1.33 bits per heavy atom. The third-order valence-electron chi connectivity index (χ3n) is 3.70. The number of fused-ring (bicyclic) bond motifs is 1. The molecule has 110 valence electrons. The summed E-state index contributed by atoms with van der Waals surface area (Å²) in [4.78, 5) is 23.3. The molecule has 1 amide bonds. The van der Waals surface area contributed by atoms with Gasteiger partial charge in [-0.1, -0.05) is 11.3 Å². The molecule has 21 heavy (non-hydrogen) atoms. The molecule has 0 spiro atoms. The van der Waals surface area contributed by atoms with Crippen LogP contribution in [0.3, 0.4) is 0 Å². The van der Waals surface area contributed by atoms with Crippen LogP contribution >= 0.6 is 0 Å². The van der Waals surface area contributed by atoms with Gasteiger partial charge in [-0.25, -0.2) is 10.5 Å². The van der Waals surface area contributed by atoms with Gasteiger partial charge >= 0.3 is 0 Å². The fourth-order valence-corrected chi connectivity index (χ4v) is 2.67. The molecule has 0 radical (unpaired) electrons. The Kier molecular flexibility index (Phi) is 3.53. The number of rotatable bonds is 4. The summed E-state index contributed by atoms with van der Waals surface area (Å²) in [5, 5.41) is 7.59.